The molecule has 0 spiro atoms. The Morgan fingerprint density at radius 1 is 0.919 bits per heavy atom. The van der Waals surface area contributed by atoms with Crippen LogP contribution in [-0.2, 0) is 0 Å². The standard InChI is InChI=1S/C26H22FN9O/c1-36(2)7-8-37-17-10-15(9-16(27)11-17)18-12-29-14-22-23(18)33-26(32-22)25-24-20(34-35-25)4-3-19(31-24)21-13-28-5-6-30-21/h3-6,9-14H,7-8H2,1-2H3,(H,32,33)(H,34,35). The monoisotopic (exact) mass is 495 g/mol. The number of aromatic nitrogens is 8. The number of fused-ring (bicyclic) bond motifs is 2. The molecule has 0 aliphatic heterocycles. The number of pyridine rings is 2. The van der Waals surface area contributed by atoms with E-state index in [1.54, 1.807) is 37.1 Å². The van der Waals surface area contributed by atoms with Gasteiger partial charge in [-0.1, -0.05) is 0 Å². The third kappa shape index (κ3) is 4.47. The van der Waals surface area contributed by atoms with E-state index in [-0.39, 0.29) is 0 Å². The summed E-state index contributed by atoms with van der Waals surface area (Å²) in [6, 6.07) is 8.36. The van der Waals surface area contributed by atoms with Crippen molar-refractivity contribution in [3.05, 3.63) is 67.1 Å². The molecule has 0 saturated heterocycles. The molecule has 0 bridgehead atoms. The lowest BCUT2D eigenvalue weighted by Crippen LogP contribution is -2.19. The van der Waals surface area contributed by atoms with Crippen molar-refractivity contribution in [1.82, 2.24) is 45.0 Å². The Labute approximate surface area is 210 Å². The molecule has 0 fully saturated rings. The maximum Gasteiger partial charge on any atom is 0.161 e. The molecule has 0 saturated carbocycles. The van der Waals surface area contributed by atoms with E-state index in [0.29, 0.717) is 62.9 Å². The minimum Gasteiger partial charge on any atom is -0.492 e. The van der Waals surface area contributed by atoms with Crippen molar-refractivity contribution in [2.45, 2.75) is 0 Å². The van der Waals surface area contributed by atoms with Crippen LogP contribution in [-0.4, -0.2) is 72.2 Å². The van der Waals surface area contributed by atoms with Gasteiger partial charge >= 0.3 is 0 Å². The summed E-state index contributed by atoms with van der Waals surface area (Å²) in [6.45, 7) is 1.16. The van der Waals surface area contributed by atoms with E-state index < -0.39 is 5.82 Å². The molecule has 6 rings (SSSR count). The van der Waals surface area contributed by atoms with Crippen LogP contribution >= 0.6 is 0 Å². The smallest absolute Gasteiger partial charge is 0.161 e. The first-order chi connectivity index (χ1) is 18.0. The number of aromatic amines is 2. The van der Waals surface area contributed by atoms with E-state index in [9.17, 15) is 4.39 Å². The van der Waals surface area contributed by atoms with E-state index in [1.165, 1.54) is 12.1 Å². The van der Waals surface area contributed by atoms with Gasteiger partial charge in [-0.3, -0.25) is 20.1 Å². The molecule has 0 radical (unpaired) electrons. The zero-order valence-corrected chi connectivity index (χ0v) is 20.1. The number of imidazole rings is 1. The zero-order valence-electron chi connectivity index (χ0n) is 20.1. The topological polar surface area (TPSA) is 121 Å². The highest BCUT2D eigenvalue weighted by molar-refractivity contribution is 5.95. The number of likely N-dealkylation sites (N-methyl/N-ethyl adjacent to an activating group) is 1. The van der Waals surface area contributed by atoms with Crippen molar-refractivity contribution >= 4 is 22.1 Å². The van der Waals surface area contributed by atoms with Crippen LogP contribution in [0, 0.1) is 5.82 Å². The number of halogens is 1. The number of rotatable bonds is 7. The third-order valence-corrected chi connectivity index (χ3v) is 5.84. The van der Waals surface area contributed by atoms with Crippen LogP contribution < -0.4 is 4.74 Å². The number of hydrogen-bond donors (Lipinski definition) is 2. The van der Waals surface area contributed by atoms with Crippen molar-refractivity contribution in [2.24, 2.45) is 0 Å². The first kappa shape index (κ1) is 22.7. The second-order valence-electron chi connectivity index (χ2n) is 8.75. The maximum atomic E-state index is 14.5. The minimum atomic E-state index is -0.399. The maximum absolute atomic E-state index is 14.5. The summed E-state index contributed by atoms with van der Waals surface area (Å²) in [4.78, 5) is 27.7. The zero-order chi connectivity index (χ0) is 25.4. The van der Waals surface area contributed by atoms with Crippen molar-refractivity contribution in [1.29, 1.82) is 0 Å². The van der Waals surface area contributed by atoms with Gasteiger partial charge in [0.05, 0.1) is 34.6 Å². The van der Waals surface area contributed by atoms with Gasteiger partial charge in [-0.25, -0.2) is 14.4 Å². The molecule has 10 nitrogen and oxygen atoms in total. The molecule has 0 unspecified atom stereocenters. The van der Waals surface area contributed by atoms with Crippen LogP contribution in [0.1, 0.15) is 0 Å². The summed E-state index contributed by atoms with van der Waals surface area (Å²) in [5, 5.41) is 7.46. The lowest BCUT2D eigenvalue weighted by molar-refractivity contribution is 0.260. The van der Waals surface area contributed by atoms with E-state index in [2.05, 4.69) is 30.1 Å². The first-order valence-corrected chi connectivity index (χ1v) is 11.6. The number of benzene rings is 1. The fourth-order valence-corrected chi connectivity index (χ4v) is 4.04. The van der Waals surface area contributed by atoms with Gasteiger partial charge in [0.1, 0.15) is 29.4 Å². The van der Waals surface area contributed by atoms with Crippen molar-refractivity contribution < 1.29 is 9.13 Å². The number of H-pyrrole nitrogens is 2. The quantitative estimate of drug-likeness (QED) is 0.340. The molecule has 5 heterocycles. The highest BCUT2D eigenvalue weighted by atomic mass is 19.1. The van der Waals surface area contributed by atoms with Gasteiger partial charge in [-0.05, 0) is 43.9 Å². The molecular formula is C26H22FN9O. The van der Waals surface area contributed by atoms with Crippen molar-refractivity contribution in [2.75, 3.05) is 27.2 Å². The molecule has 0 atom stereocenters. The molecule has 0 aliphatic rings. The molecule has 11 heteroatoms. The SMILES string of the molecule is CN(C)CCOc1cc(F)cc(-c2cncc3[nH]c(-c4n[nH]c5ccc(-c6cnccn6)nc45)nc23)c1. The highest BCUT2D eigenvalue weighted by Crippen LogP contribution is 2.33. The summed E-state index contributed by atoms with van der Waals surface area (Å²) in [7, 11) is 3.91. The van der Waals surface area contributed by atoms with Crippen LogP contribution in [0.5, 0.6) is 5.75 Å². The van der Waals surface area contributed by atoms with Gasteiger partial charge in [0.25, 0.3) is 0 Å². The Kier molecular flexibility index (Phi) is 5.73. The fraction of sp³-hybridized carbons (Fsp3) is 0.154. The predicted octanol–water partition coefficient (Wildman–Crippen LogP) is 4.10. The lowest BCUT2D eigenvalue weighted by Gasteiger charge is -2.12. The van der Waals surface area contributed by atoms with Crippen LogP contribution in [0.4, 0.5) is 4.39 Å². The van der Waals surface area contributed by atoms with Crippen LogP contribution in [0.3, 0.4) is 0 Å². The third-order valence-electron chi connectivity index (χ3n) is 5.84. The number of nitrogens with zero attached hydrogens (tertiary/aromatic N) is 7. The molecule has 6 aromatic rings. The van der Waals surface area contributed by atoms with Gasteiger partial charge in [-0.2, -0.15) is 5.10 Å². The average Bonchev–Trinajstić information content (AvgIpc) is 3.52. The van der Waals surface area contributed by atoms with Crippen LogP contribution in [0.15, 0.2) is 61.3 Å². The number of nitrogens with one attached hydrogen (secondary N) is 2. The normalized spacial score (nSPS) is 11.6. The second-order valence-corrected chi connectivity index (χ2v) is 8.75. The highest BCUT2D eigenvalue weighted by Gasteiger charge is 2.18. The number of hydrogen-bond acceptors (Lipinski definition) is 8. The Hall–Kier alpha value is -4.77. The molecule has 37 heavy (non-hydrogen) atoms. The summed E-state index contributed by atoms with van der Waals surface area (Å²) in [5.41, 5.74) is 5.88. The minimum absolute atomic E-state index is 0.399. The van der Waals surface area contributed by atoms with Crippen LogP contribution in [0.2, 0.25) is 0 Å². The van der Waals surface area contributed by atoms with Gasteiger partial charge < -0.3 is 14.6 Å². The van der Waals surface area contributed by atoms with Gasteiger partial charge in [0, 0.05) is 36.8 Å². The first-order valence-electron chi connectivity index (χ1n) is 11.6. The molecule has 2 N–H and O–H groups in total. The van der Waals surface area contributed by atoms with Gasteiger partial charge in [0.15, 0.2) is 11.5 Å². The fourth-order valence-electron chi connectivity index (χ4n) is 4.04. The van der Waals surface area contributed by atoms with Gasteiger partial charge in [0.2, 0.25) is 0 Å². The van der Waals surface area contributed by atoms with Crippen LogP contribution in [0.25, 0.3) is 56.1 Å². The van der Waals surface area contributed by atoms with E-state index >= 15 is 0 Å². The van der Waals surface area contributed by atoms with E-state index in [0.717, 1.165) is 12.1 Å². The lowest BCUT2D eigenvalue weighted by atomic mass is 10.1. The molecular weight excluding hydrogens is 473 g/mol. The molecule has 0 amide bonds. The molecule has 0 aliphatic carbocycles. The molecule has 1 aromatic carbocycles. The number of ether oxygens (including phenoxy) is 1. The van der Waals surface area contributed by atoms with E-state index in [4.69, 9.17) is 14.7 Å². The largest absolute Gasteiger partial charge is 0.492 e. The average molecular weight is 496 g/mol. The Balaban J connectivity index is 1.41. The summed E-state index contributed by atoms with van der Waals surface area (Å²) in [6.07, 6.45) is 8.23. The second kappa shape index (κ2) is 9.36. The molecule has 184 valence electrons. The summed E-state index contributed by atoms with van der Waals surface area (Å²) >= 11 is 0. The van der Waals surface area contributed by atoms with Crippen molar-refractivity contribution in [3.8, 4) is 39.8 Å². The summed E-state index contributed by atoms with van der Waals surface area (Å²) in [5.74, 6) is 0.561. The Bertz CT molecular complexity index is 1710. The van der Waals surface area contributed by atoms with Gasteiger partial charge in [-0.15, -0.1) is 0 Å². The molecule has 5 aromatic heterocycles. The van der Waals surface area contributed by atoms with E-state index in [1.807, 2.05) is 31.1 Å². The predicted molar refractivity (Wildman–Crippen MR) is 137 cm³/mol. The Morgan fingerprint density at radius 2 is 1.84 bits per heavy atom. The summed E-state index contributed by atoms with van der Waals surface area (Å²) < 4.78 is 20.3. The van der Waals surface area contributed by atoms with Crippen molar-refractivity contribution in [3.63, 3.8) is 0 Å². The Morgan fingerprint density at radius 3 is 2.68 bits per heavy atom.